The van der Waals surface area contributed by atoms with Crippen LogP contribution in [-0.2, 0) is 13.2 Å². The summed E-state index contributed by atoms with van der Waals surface area (Å²) in [5.41, 5.74) is 1.25. The van der Waals surface area contributed by atoms with Gasteiger partial charge in [0, 0.05) is 22.1 Å². The van der Waals surface area contributed by atoms with Crippen LogP contribution < -0.4 is 20.4 Å². The van der Waals surface area contributed by atoms with Gasteiger partial charge in [0.2, 0.25) is 0 Å². The third kappa shape index (κ3) is 8.13. The highest BCUT2D eigenvalue weighted by atomic mass is 79.9. The van der Waals surface area contributed by atoms with E-state index < -0.39 is 14.2 Å². The Labute approximate surface area is 236 Å². The topological polar surface area (TPSA) is 99.4 Å². The lowest BCUT2D eigenvalue weighted by Gasteiger charge is -2.13. The number of para-hydroxylation sites is 2. The second-order valence-corrected chi connectivity index (χ2v) is 9.53. The molecule has 0 bridgehead atoms. The van der Waals surface area contributed by atoms with Crippen molar-refractivity contribution >= 4 is 57.0 Å². The largest absolute Gasteiger partial charge is 0.492 e. The fraction of sp³-hybridized carbons (Fsp3) is 0.0769. The molecule has 12 heteroatoms. The van der Waals surface area contributed by atoms with Gasteiger partial charge in [-0.3, -0.25) is 0 Å². The molecule has 38 heavy (non-hydrogen) atoms. The molecule has 4 aromatic rings. The third-order valence-corrected chi connectivity index (χ3v) is 6.46. The highest BCUT2D eigenvalue weighted by molar-refractivity contribution is 9.11. The molecular formula is C26H22B2Br2F2O6. The molecule has 0 spiro atoms. The highest BCUT2D eigenvalue weighted by Gasteiger charge is 2.20. The summed E-state index contributed by atoms with van der Waals surface area (Å²) >= 11 is 6.53. The molecule has 0 aliphatic rings. The maximum atomic E-state index is 13.5. The van der Waals surface area contributed by atoms with E-state index in [2.05, 4.69) is 31.9 Å². The fourth-order valence-electron chi connectivity index (χ4n) is 3.29. The number of hydrogen-bond donors (Lipinski definition) is 4. The molecule has 0 aromatic heterocycles. The van der Waals surface area contributed by atoms with Crippen molar-refractivity contribution in [3.63, 3.8) is 0 Å². The summed E-state index contributed by atoms with van der Waals surface area (Å²) in [7, 11) is -3.29. The number of halogens is 4. The summed E-state index contributed by atoms with van der Waals surface area (Å²) in [4.78, 5) is 0. The predicted octanol–water partition coefficient (Wildman–Crippen LogP) is 3.69. The van der Waals surface area contributed by atoms with E-state index in [-0.39, 0.29) is 35.8 Å². The van der Waals surface area contributed by atoms with Crippen LogP contribution in [-0.4, -0.2) is 34.3 Å². The molecule has 196 valence electrons. The van der Waals surface area contributed by atoms with E-state index in [1.807, 2.05) is 0 Å². The van der Waals surface area contributed by atoms with Crippen LogP contribution in [0.2, 0.25) is 0 Å². The average molecular weight is 650 g/mol. The van der Waals surface area contributed by atoms with Crippen molar-refractivity contribution in [2.45, 2.75) is 13.2 Å². The molecule has 0 saturated heterocycles. The lowest BCUT2D eigenvalue weighted by atomic mass is 9.79. The van der Waals surface area contributed by atoms with Gasteiger partial charge in [-0.05, 0) is 56.1 Å². The number of benzene rings is 4. The average Bonchev–Trinajstić information content (AvgIpc) is 2.89. The van der Waals surface area contributed by atoms with Crippen LogP contribution in [0.5, 0.6) is 11.5 Å². The van der Waals surface area contributed by atoms with Crippen molar-refractivity contribution in [2.24, 2.45) is 0 Å². The summed E-state index contributed by atoms with van der Waals surface area (Å²) in [6, 6.07) is 22.4. The van der Waals surface area contributed by atoms with Gasteiger partial charge >= 0.3 is 14.2 Å². The van der Waals surface area contributed by atoms with Gasteiger partial charge in [0.25, 0.3) is 0 Å². The Hall–Kier alpha value is -2.73. The molecule has 0 atom stereocenters. The van der Waals surface area contributed by atoms with Crippen molar-refractivity contribution in [3.8, 4) is 11.5 Å². The van der Waals surface area contributed by atoms with Gasteiger partial charge in [0.05, 0.1) is 8.95 Å². The van der Waals surface area contributed by atoms with Crippen molar-refractivity contribution in [2.75, 3.05) is 0 Å². The number of hydrogen-bond acceptors (Lipinski definition) is 6. The van der Waals surface area contributed by atoms with Crippen LogP contribution >= 0.6 is 31.9 Å². The van der Waals surface area contributed by atoms with Gasteiger partial charge < -0.3 is 29.6 Å². The van der Waals surface area contributed by atoms with E-state index in [1.54, 1.807) is 60.7 Å². The van der Waals surface area contributed by atoms with E-state index in [1.165, 1.54) is 24.3 Å². The molecule has 0 aliphatic carbocycles. The second kappa shape index (κ2) is 14.4. The Morgan fingerprint density at radius 1 is 0.553 bits per heavy atom. The van der Waals surface area contributed by atoms with E-state index >= 15 is 0 Å². The Bertz CT molecular complexity index is 1260. The van der Waals surface area contributed by atoms with Gasteiger partial charge in [-0.2, -0.15) is 0 Å². The number of rotatable bonds is 8. The van der Waals surface area contributed by atoms with Crippen LogP contribution in [0.4, 0.5) is 8.78 Å². The summed E-state index contributed by atoms with van der Waals surface area (Å²) in [6.45, 7) is 0.0179. The first-order valence-corrected chi connectivity index (χ1v) is 12.8. The lowest BCUT2D eigenvalue weighted by Crippen LogP contribution is -2.31. The van der Waals surface area contributed by atoms with Crippen molar-refractivity contribution in [1.29, 1.82) is 0 Å². The van der Waals surface area contributed by atoms with Crippen LogP contribution in [0.15, 0.2) is 93.9 Å². The van der Waals surface area contributed by atoms with Crippen molar-refractivity contribution in [3.05, 3.63) is 117 Å². The summed E-state index contributed by atoms with van der Waals surface area (Å²) in [6.07, 6.45) is 0. The van der Waals surface area contributed by atoms with Gasteiger partial charge in [0.1, 0.15) is 36.3 Å². The SMILES string of the molecule is OB(O)c1cccc(Br)c1OCc1ccccc1F.OB(O)c1cccc(Br)c1OCc1ccccc1F. The van der Waals surface area contributed by atoms with Crippen molar-refractivity contribution in [1.82, 2.24) is 0 Å². The van der Waals surface area contributed by atoms with Gasteiger partial charge in [-0.15, -0.1) is 0 Å². The summed E-state index contributed by atoms with van der Waals surface area (Å²) in [5.74, 6) is -0.136. The second-order valence-electron chi connectivity index (χ2n) is 7.82. The zero-order valence-electron chi connectivity index (χ0n) is 19.8. The summed E-state index contributed by atoms with van der Waals surface area (Å²) in [5, 5.41) is 37.0. The monoisotopic (exact) mass is 648 g/mol. The van der Waals surface area contributed by atoms with Gasteiger partial charge in [-0.25, -0.2) is 8.78 Å². The highest BCUT2D eigenvalue weighted by Crippen LogP contribution is 2.25. The normalized spacial score (nSPS) is 10.3. The van der Waals surface area contributed by atoms with E-state index in [4.69, 9.17) is 9.47 Å². The minimum Gasteiger partial charge on any atom is -0.488 e. The first-order valence-electron chi connectivity index (χ1n) is 11.2. The quantitative estimate of drug-likeness (QED) is 0.218. The van der Waals surface area contributed by atoms with Crippen molar-refractivity contribution < 1.29 is 38.4 Å². The van der Waals surface area contributed by atoms with Crippen LogP contribution in [0.1, 0.15) is 11.1 Å². The standard InChI is InChI=1S/2C13H11BBrFO3/c2*15-11-6-3-5-10(14(17)18)13(11)19-8-9-4-1-2-7-12(9)16/h2*1-7,17-18H,8H2. The van der Waals surface area contributed by atoms with E-state index in [0.717, 1.165) is 0 Å². The molecular weight excluding hydrogens is 628 g/mol. The summed E-state index contributed by atoms with van der Waals surface area (Å²) < 4.78 is 39.1. The predicted molar refractivity (Wildman–Crippen MR) is 149 cm³/mol. The molecule has 0 saturated carbocycles. The van der Waals surface area contributed by atoms with E-state index in [9.17, 15) is 28.9 Å². The molecule has 0 radical (unpaired) electrons. The Balaban J connectivity index is 0.000000211. The zero-order chi connectivity index (χ0) is 27.7. The molecule has 0 heterocycles. The maximum Gasteiger partial charge on any atom is 0.492 e. The van der Waals surface area contributed by atoms with Gasteiger partial charge in [-0.1, -0.05) is 60.7 Å². The molecule has 0 fully saturated rings. The lowest BCUT2D eigenvalue weighted by molar-refractivity contribution is 0.298. The third-order valence-electron chi connectivity index (χ3n) is 5.21. The maximum absolute atomic E-state index is 13.5. The minimum absolute atomic E-state index is 0.00894. The zero-order valence-corrected chi connectivity index (χ0v) is 22.9. The molecule has 6 nitrogen and oxygen atoms in total. The first kappa shape index (κ1) is 29.8. The van der Waals surface area contributed by atoms with Crippen LogP contribution in [0, 0.1) is 11.6 Å². The van der Waals surface area contributed by atoms with Gasteiger partial charge in [0.15, 0.2) is 0 Å². The fourth-order valence-corrected chi connectivity index (χ4v) is 4.28. The number of ether oxygens (including phenoxy) is 2. The minimum atomic E-state index is -1.65. The molecule has 0 unspecified atom stereocenters. The Kier molecular flexibility index (Phi) is 11.3. The van der Waals surface area contributed by atoms with Crippen LogP contribution in [0.3, 0.4) is 0 Å². The molecule has 0 aliphatic heterocycles. The Morgan fingerprint density at radius 3 is 1.26 bits per heavy atom. The molecule has 4 N–H and O–H groups in total. The van der Waals surface area contributed by atoms with Crippen LogP contribution in [0.25, 0.3) is 0 Å². The molecule has 4 rings (SSSR count). The van der Waals surface area contributed by atoms with E-state index in [0.29, 0.717) is 31.6 Å². The first-order chi connectivity index (χ1) is 18.2. The molecule has 4 aromatic carbocycles. The molecule has 0 amide bonds. The smallest absolute Gasteiger partial charge is 0.488 e. The Morgan fingerprint density at radius 2 is 0.921 bits per heavy atom.